The van der Waals surface area contributed by atoms with Crippen LogP contribution in [0, 0.1) is 5.82 Å². The lowest BCUT2D eigenvalue weighted by Gasteiger charge is -2.19. The molecule has 2 aromatic carbocycles. The quantitative estimate of drug-likeness (QED) is 0.817. The number of rotatable bonds is 5. The van der Waals surface area contributed by atoms with Crippen LogP contribution in [-0.4, -0.2) is 6.54 Å². The molecule has 0 fully saturated rings. The lowest BCUT2D eigenvalue weighted by Crippen LogP contribution is -2.23. The fraction of sp³-hybridized carbons (Fsp3) is 0.250. The summed E-state index contributed by atoms with van der Waals surface area (Å²) < 4.78 is 13.5. The second-order valence-electron chi connectivity index (χ2n) is 4.58. The van der Waals surface area contributed by atoms with Gasteiger partial charge in [-0.05, 0) is 42.3 Å². The van der Waals surface area contributed by atoms with E-state index in [-0.39, 0.29) is 16.9 Å². The standard InChI is InChI=1S/C16H16Cl2FN/c1-2-20-15(11-6-8-13(17)9-7-11)10-12-4-3-5-14(19)16(12)18/h3-9,15,20H,2,10H2,1H3. The zero-order chi connectivity index (χ0) is 14.5. The van der Waals surface area contributed by atoms with Gasteiger partial charge in [-0.1, -0.05) is 54.4 Å². The van der Waals surface area contributed by atoms with Gasteiger partial charge in [-0.15, -0.1) is 0 Å². The molecule has 0 heterocycles. The Morgan fingerprint density at radius 3 is 2.45 bits per heavy atom. The van der Waals surface area contributed by atoms with Crippen LogP contribution in [0.5, 0.6) is 0 Å². The Morgan fingerprint density at radius 2 is 1.80 bits per heavy atom. The first-order valence-corrected chi connectivity index (χ1v) is 7.29. The predicted molar refractivity (Wildman–Crippen MR) is 83.0 cm³/mol. The Bertz CT molecular complexity index is 569. The molecule has 1 nitrogen and oxygen atoms in total. The van der Waals surface area contributed by atoms with Gasteiger partial charge < -0.3 is 5.32 Å². The van der Waals surface area contributed by atoms with Gasteiger partial charge in [0, 0.05) is 11.1 Å². The highest BCUT2D eigenvalue weighted by molar-refractivity contribution is 6.31. The van der Waals surface area contributed by atoms with Crippen LogP contribution in [-0.2, 0) is 6.42 Å². The maximum absolute atomic E-state index is 13.5. The van der Waals surface area contributed by atoms with Crippen molar-refractivity contribution in [3.05, 3.63) is 69.5 Å². The summed E-state index contributed by atoms with van der Waals surface area (Å²) in [6.07, 6.45) is 0.631. The van der Waals surface area contributed by atoms with Gasteiger partial charge in [0.2, 0.25) is 0 Å². The van der Waals surface area contributed by atoms with E-state index in [0.717, 1.165) is 17.7 Å². The van der Waals surface area contributed by atoms with Crippen molar-refractivity contribution in [2.24, 2.45) is 0 Å². The van der Waals surface area contributed by atoms with Gasteiger partial charge in [0.25, 0.3) is 0 Å². The molecule has 0 aliphatic carbocycles. The van der Waals surface area contributed by atoms with Crippen molar-refractivity contribution in [1.29, 1.82) is 0 Å². The van der Waals surface area contributed by atoms with E-state index in [9.17, 15) is 4.39 Å². The molecule has 1 N–H and O–H groups in total. The molecule has 0 bridgehead atoms. The predicted octanol–water partition coefficient (Wildman–Crippen LogP) is 5.03. The number of nitrogens with one attached hydrogen (secondary N) is 1. The number of hydrogen-bond donors (Lipinski definition) is 1. The van der Waals surface area contributed by atoms with Gasteiger partial charge in [0.05, 0.1) is 5.02 Å². The summed E-state index contributed by atoms with van der Waals surface area (Å²) in [5.41, 5.74) is 1.91. The molecule has 4 heteroatoms. The average molecular weight is 312 g/mol. The third kappa shape index (κ3) is 3.72. The fourth-order valence-corrected chi connectivity index (χ4v) is 2.50. The van der Waals surface area contributed by atoms with E-state index in [4.69, 9.17) is 23.2 Å². The molecule has 0 spiro atoms. The minimum atomic E-state index is -0.379. The highest BCUT2D eigenvalue weighted by Gasteiger charge is 2.14. The number of benzene rings is 2. The third-order valence-corrected chi connectivity index (χ3v) is 3.85. The molecule has 1 unspecified atom stereocenters. The molecule has 0 amide bonds. The van der Waals surface area contributed by atoms with Crippen molar-refractivity contribution in [2.75, 3.05) is 6.54 Å². The molecule has 0 saturated heterocycles. The largest absolute Gasteiger partial charge is 0.310 e. The first kappa shape index (κ1) is 15.3. The van der Waals surface area contributed by atoms with Crippen molar-refractivity contribution < 1.29 is 4.39 Å². The van der Waals surface area contributed by atoms with E-state index in [1.807, 2.05) is 37.3 Å². The summed E-state index contributed by atoms with van der Waals surface area (Å²) in [6.45, 7) is 2.86. The zero-order valence-electron chi connectivity index (χ0n) is 11.2. The smallest absolute Gasteiger partial charge is 0.142 e. The first-order valence-electron chi connectivity index (χ1n) is 6.53. The van der Waals surface area contributed by atoms with Crippen molar-refractivity contribution in [1.82, 2.24) is 5.32 Å². The van der Waals surface area contributed by atoms with E-state index in [2.05, 4.69) is 5.32 Å². The van der Waals surface area contributed by atoms with E-state index in [1.165, 1.54) is 6.07 Å². The molecular formula is C16H16Cl2FN. The SMILES string of the molecule is CCNC(Cc1cccc(F)c1Cl)c1ccc(Cl)cc1. The number of halogens is 3. The molecule has 2 rings (SSSR count). The topological polar surface area (TPSA) is 12.0 Å². The van der Waals surface area contributed by atoms with Gasteiger partial charge in [0.15, 0.2) is 0 Å². The van der Waals surface area contributed by atoms with Crippen LogP contribution in [0.3, 0.4) is 0 Å². The van der Waals surface area contributed by atoms with Gasteiger partial charge in [-0.2, -0.15) is 0 Å². The molecule has 106 valence electrons. The van der Waals surface area contributed by atoms with Crippen LogP contribution >= 0.6 is 23.2 Å². The number of likely N-dealkylation sites (N-methyl/N-ethyl adjacent to an activating group) is 1. The van der Waals surface area contributed by atoms with Crippen molar-refractivity contribution in [2.45, 2.75) is 19.4 Å². The Balaban J connectivity index is 2.25. The Labute approximate surface area is 128 Å². The molecule has 2 aromatic rings. The summed E-state index contributed by atoms with van der Waals surface area (Å²) in [5, 5.41) is 4.29. The molecule has 0 aromatic heterocycles. The first-order chi connectivity index (χ1) is 9.61. The summed E-state index contributed by atoms with van der Waals surface area (Å²) in [4.78, 5) is 0. The monoisotopic (exact) mass is 311 g/mol. The normalized spacial score (nSPS) is 12.4. The van der Waals surface area contributed by atoms with Crippen LogP contribution in [0.15, 0.2) is 42.5 Å². The Morgan fingerprint density at radius 1 is 1.10 bits per heavy atom. The molecule has 0 aliphatic rings. The summed E-state index contributed by atoms with van der Waals surface area (Å²) in [5.74, 6) is -0.379. The van der Waals surface area contributed by atoms with Gasteiger partial charge >= 0.3 is 0 Å². The van der Waals surface area contributed by atoms with Gasteiger partial charge in [-0.3, -0.25) is 0 Å². The fourth-order valence-electron chi connectivity index (χ4n) is 2.18. The van der Waals surface area contributed by atoms with Crippen LogP contribution in [0.4, 0.5) is 4.39 Å². The Kier molecular flexibility index (Phi) is 5.41. The van der Waals surface area contributed by atoms with Crippen molar-refractivity contribution >= 4 is 23.2 Å². The van der Waals surface area contributed by atoms with Crippen LogP contribution in [0.1, 0.15) is 24.1 Å². The van der Waals surface area contributed by atoms with Crippen LogP contribution in [0.2, 0.25) is 10.0 Å². The van der Waals surface area contributed by atoms with Crippen molar-refractivity contribution in [3.63, 3.8) is 0 Å². The van der Waals surface area contributed by atoms with Gasteiger partial charge in [-0.25, -0.2) is 4.39 Å². The highest BCUT2D eigenvalue weighted by atomic mass is 35.5. The summed E-state index contributed by atoms with van der Waals surface area (Å²) in [7, 11) is 0. The van der Waals surface area contributed by atoms with Crippen molar-refractivity contribution in [3.8, 4) is 0 Å². The van der Waals surface area contributed by atoms with Gasteiger partial charge in [0.1, 0.15) is 5.82 Å². The second-order valence-corrected chi connectivity index (χ2v) is 5.39. The number of hydrogen-bond acceptors (Lipinski definition) is 1. The highest BCUT2D eigenvalue weighted by Crippen LogP contribution is 2.26. The summed E-state index contributed by atoms with van der Waals surface area (Å²) in [6, 6.07) is 12.6. The average Bonchev–Trinajstić information content (AvgIpc) is 2.44. The zero-order valence-corrected chi connectivity index (χ0v) is 12.7. The maximum Gasteiger partial charge on any atom is 0.142 e. The van der Waals surface area contributed by atoms with E-state index >= 15 is 0 Å². The maximum atomic E-state index is 13.5. The second kappa shape index (κ2) is 7.07. The molecule has 20 heavy (non-hydrogen) atoms. The minimum Gasteiger partial charge on any atom is -0.310 e. The van der Waals surface area contributed by atoms with E-state index in [1.54, 1.807) is 6.07 Å². The molecule has 0 aliphatic heterocycles. The minimum absolute atomic E-state index is 0.0802. The van der Waals surface area contributed by atoms with Crippen LogP contribution in [0.25, 0.3) is 0 Å². The molecule has 0 saturated carbocycles. The Hall–Kier alpha value is -1.09. The lowest BCUT2D eigenvalue weighted by atomic mass is 9.98. The summed E-state index contributed by atoms with van der Waals surface area (Å²) >= 11 is 11.9. The van der Waals surface area contributed by atoms with Crippen LogP contribution < -0.4 is 5.32 Å². The molecule has 1 atom stereocenters. The molecular weight excluding hydrogens is 296 g/mol. The van der Waals surface area contributed by atoms with E-state index < -0.39 is 0 Å². The lowest BCUT2D eigenvalue weighted by molar-refractivity contribution is 0.547. The third-order valence-electron chi connectivity index (χ3n) is 3.18. The van der Waals surface area contributed by atoms with E-state index in [0.29, 0.717) is 11.4 Å². The molecule has 0 radical (unpaired) electrons.